The van der Waals surface area contributed by atoms with E-state index in [1.54, 1.807) is 0 Å². The van der Waals surface area contributed by atoms with Crippen LogP contribution in [0.4, 0.5) is 0 Å². The van der Waals surface area contributed by atoms with Gasteiger partial charge in [0, 0.05) is 0 Å². The van der Waals surface area contributed by atoms with Gasteiger partial charge in [0.2, 0.25) is 0 Å². The minimum Gasteiger partial charge on any atom is -0.0786 e. The molecule has 0 aromatic heterocycles. The molecule has 0 aliphatic heterocycles. The minimum atomic E-state index is 0.276. The summed E-state index contributed by atoms with van der Waals surface area (Å²) in [5.41, 5.74) is 16.9. The van der Waals surface area contributed by atoms with Crippen molar-refractivity contribution in [3.05, 3.63) is 128 Å². The monoisotopic (exact) mass is 542 g/mol. The minimum absolute atomic E-state index is 0.276. The predicted molar refractivity (Wildman–Crippen MR) is 143 cm³/mol. The van der Waals surface area contributed by atoms with Crippen LogP contribution < -0.4 is 0 Å². The Bertz CT molecular complexity index is 1250. The van der Waals surface area contributed by atoms with Crippen molar-refractivity contribution in [1.29, 1.82) is 0 Å². The fraction of sp³-hybridized carbons (Fsp3) is 0.200. The van der Waals surface area contributed by atoms with E-state index in [0.717, 1.165) is 12.8 Å². The van der Waals surface area contributed by atoms with Gasteiger partial charge in [0.25, 0.3) is 0 Å². The summed E-state index contributed by atoms with van der Waals surface area (Å²) in [6.07, 6.45) is 11.7. The number of hydrogen-bond acceptors (Lipinski definition) is 0. The van der Waals surface area contributed by atoms with E-state index in [2.05, 4.69) is 119 Å². The van der Waals surface area contributed by atoms with Crippen molar-refractivity contribution < 1.29 is 0 Å². The smallest absolute Gasteiger partial charge is 0.0656 e. The molecule has 0 spiro atoms. The molecule has 0 radical (unpaired) electrons. The molecule has 2 atom stereocenters. The third kappa shape index (κ3) is 3.07. The molecule has 2 aromatic carbocycles. The van der Waals surface area contributed by atoms with Crippen molar-refractivity contribution in [2.45, 2.75) is 36.3 Å². The van der Waals surface area contributed by atoms with Gasteiger partial charge < -0.3 is 0 Å². The van der Waals surface area contributed by atoms with Gasteiger partial charge in [-0.25, -0.2) is 0 Å². The van der Waals surface area contributed by atoms with Crippen molar-refractivity contribution in [2.75, 3.05) is 0 Å². The van der Waals surface area contributed by atoms with Gasteiger partial charge >= 0.3 is 0 Å². The van der Waals surface area contributed by atoms with Crippen LogP contribution in [-0.2, 0) is 0 Å². The van der Waals surface area contributed by atoms with Crippen LogP contribution >= 0.6 is 31.9 Å². The standard InChI is InChI=1S/C30H24Br2/c1-17-13-27-25(15-19-7-3-5-9-23(19)29(27)31)21(17)11-12-22-18(2)14-28-26(22)16-20-8-4-6-10-24(20)30(28)32/h3-10,13-16,29-30H,11-12H2,1-2H3. The number of halogens is 2. The van der Waals surface area contributed by atoms with Crippen LogP contribution in [0.5, 0.6) is 0 Å². The maximum Gasteiger partial charge on any atom is 0.0656 e. The van der Waals surface area contributed by atoms with Crippen LogP contribution in [0.1, 0.15) is 58.6 Å². The van der Waals surface area contributed by atoms with Gasteiger partial charge in [-0.1, -0.05) is 92.5 Å². The lowest BCUT2D eigenvalue weighted by atomic mass is 9.83. The lowest BCUT2D eigenvalue weighted by Crippen LogP contribution is -2.07. The highest BCUT2D eigenvalue weighted by atomic mass is 79.9. The Balaban J connectivity index is 1.31. The lowest BCUT2D eigenvalue weighted by Gasteiger charge is -2.25. The quantitative estimate of drug-likeness (QED) is 0.338. The number of alkyl halides is 2. The molecule has 0 amide bonds. The first-order valence-corrected chi connectivity index (χ1v) is 13.1. The lowest BCUT2D eigenvalue weighted by molar-refractivity contribution is 0.930. The second-order valence-electron chi connectivity index (χ2n) is 9.12. The van der Waals surface area contributed by atoms with Crippen molar-refractivity contribution in [1.82, 2.24) is 0 Å². The highest BCUT2D eigenvalue weighted by Gasteiger charge is 2.32. The maximum absolute atomic E-state index is 3.98. The zero-order chi connectivity index (χ0) is 22.0. The van der Waals surface area contributed by atoms with Gasteiger partial charge in [0.15, 0.2) is 0 Å². The van der Waals surface area contributed by atoms with E-state index >= 15 is 0 Å². The Morgan fingerprint density at radius 3 is 1.44 bits per heavy atom. The first-order valence-electron chi connectivity index (χ1n) is 11.3. The van der Waals surface area contributed by atoms with E-state index in [4.69, 9.17) is 0 Å². The summed E-state index contributed by atoms with van der Waals surface area (Å²) in [5, 5.41) is 0. The number of benzene rings is 2. The number of rotatable bonds is 3. The van der Waals surface area contributed by atoms with E-state index < -0.39 is 0 Å². The molecule has 0 heterocycles. The number of allylic oxidation sites excluding steroid dienone is 10. The molecular formula is C30H24Br2. The second kappa shape index (κ2) is 7.71. The zero-order valence-electron chi connectivity index (χ0n) is 18.3. The Morgan fingerprint density at radius 1 is 0.594 bits per heavy atom. The molecule has 2 aromatic rings. The van der Waals surface area contributed by atoms with Gasteiger partial charge in [0.05, 0.1) is 9.65 Å². The molecule has 0 N–H and O–H groups in total. The first kappa shape index (κ1) is 20.4. The molecular weight excluding hydrogens is 520 g/mol. The van der Waals surface area contributed by atoms with E-state index in [1.807, 2.05) is 0 Å². The SMILES string of the molecule is CC1=C(CCC2=C(C)C=C3C2=Cc2ccccc2C3Br)C2=Cc3ccccc3C(Br)C2=C1. The summed E-state index contributed by atoms with van der Waals surface area (Å²) in [5.74, 6) is 0. The molecule has 32 heavy (non-hydrogen) atoms. The molecule has 158 valence electrons. The zero-order valence-corrected chi connectivity index (χ0v) is 21.4. The average molecular weight is 544 g/mol. The van der Waals surface area contributed by atoms with Crippen LogP contribution in [0, 0.1) is 0 Å². The van der Waals surface area contributed by atoms with E-state index in [-0.39, 0.29) is 9.65 Å². The predicted octanol–water partition coefficient (Wildman–Crippen LogP) is 9.35. The van der Waals surface area contributed by atoms with Crippen molar-refractivity contribution in [2.24, 2.45) is 0 Å². The van der Waals surface area contributed by atoms with E-state index in [9.17, 15) is 0 Å². The normalized spacial score (nSPS) is 23.1. The van der Waals surface area contributed by atoms with Gasteiger partial charge in [-0.05, 0) is 106 Å². The molecule has 0 saturated heterocycles. The van der Waals surface area contributed by atoms with Gasteiger partial charge in [-0.15, -0.1) is 0 Å². The van der Waals surface area contributed by atoms with Crippen LogP contribution in [0.2, 0.25) is 0 Å². The fourth-order valence-corrected chi connectivity index (χ4v) is 7.23. The highest BCUT2D eigenvalue weighted by Crippen LogP contribution is 2.52. The number of fused-ring (bicyclic) bond motifs is 4. The fourth-order valence-electron chi connectivity index (χ4n) is 5.64. The Labute approximate surface area is 207 Å². The molecule has 0 fully saturated rings. The molecule has 0 bridgehead atoms. The van der Waals surface area contributed by atoms with Gasteiger partial charge in [0.1, 0.15) is 0 Å². The molecule has 4 aliphatic rings. The van der Waals surface area contributed by atoms with Crippen LogP contribution in [0.25, 0.3) is 12.2 Å². The molecule has 2 heteroatoms. The third-order valence-electron chi connectivity index (χ3n) is 7.28. The van der Waals surface area contributed by atoms with E-state index in [0.29, 0.717) is 0 Å². The maximum atomic E-state index is 3.98. The van der Waals surface area contributed by atoms with Gasteiger partial charge in [-0.2, -0.15) is 0 Å². The van der Waals surface area contributed by atoms with Crippen LogP contribution in [0.15, 0.2) is 105 Å². The van der Waals surface area contributed by atoms with Crippen LogP contribution in [0.3, 0.4) is 0 Å². The van der Waals surface area contributed by atoms with E-state index in [1.165, 1.54) is 66.8 Å². The number of hydrogen-bond donors (Lipinski definition) is 0. The summed E-state index contributed by atoms with van der Waals surface area (Å²) >= 11 is 7.95. The van der Waals surface area contributed by atoms with Crippen molar-refractivity contribution >= 4 is 44.0 Å². The summed E-state index contributed by atoms with van der Waals surface area (Å²) < 4.78 is 0. The second-order valence-corrected chi connectivity index (χ2v) is 11.0. The highest BCUT2D eigenvalue weighted by molar-refractivity contribution is 9.09. The largest absolute Gasteiger partial charge is 0.0786 e. The van der Waals surface area contributed by atoms with Crippen LogP contribution in [-0.4, -0.2) is 0 Å². The first-order chi connectivity index (χ1) is 15.5. The topological polar surface area (TPSA) is 0 Å². The van der Waals surface area contributed by atoms with Crippen molar-refractivity contribution in [3.63, 3.8) is 0 Å². The Kier molecular flexibility index (Phi) is 4.93. The summed E-state index contributed by atoms with van der Waals surface area (Å²) in [6, 6.07) is 17.5. The van der Waals surface area contributed by atoms with Gasteiger partial charge in [-0.3, -0.25) is 0 Å². The Morgan fingerprint density at radius 2 is 1.00 bits per heavy atom. The Hall–Kier alpha value is -2.16. The van der Waals surface area contributed by atoms with Crippen molar-refractivity contribution in [3.8, 4) is 0 Å². The molecule has 4 aliphatic carbocycles. The summed E-state index contributed by atoms with van der Waals surface area (Å²) in [4.78, 5) is 0.553. The average Bonchev–Trinajstić information content (AvgIpc) is 3.29. The molecule has 0 saturated carbocycles. The molecule has 6 rings (SSSR count). The molecule has 0 nitrogen and oxygen atoms in total. The molecule has 2 unspecified atom stereocenters. The third-order valence-corrected chi connectivity index (χ3v) is 9.25. The summed E-state index contributed by atoms with van der Waals surface area (Å²) in [7, 11) is 0. The summed E-state index contributed by atoms with van der Waals surface area (Å²) in [6.45, 7) is 4.55.